The number of aromatic nitrogens is 4. The van der Waals surface area contributed by atoms with E-state index in [0.717, 1.165) is 50.5 Å². The van der Waals surface area contributed by atoms with Crippen molar-refractivity contribution in [3.05, 3.63) is 47.5 Å². The first-order valence-electron chi connectivity index (χ1n) is 9.09. The largest absolute Gasteiger partial charge is 0.384 e. The molecule has 0 amide bonds. The van der Waals surface area contributed by atoms with Crippen LogP contribution in [0, 0.1) is 0 Å². The Kier molecular flexibility index (Phi) is 4.02. The van der Waals surface area contributed by atoms with Crippen molar-refractivity contribution in [2.45, 2.75) is 24.9 Å². The van der Waals surface area contributed by atoms with E-state index in [4.69, 9.17) is 10.5 Å². The Bertz CT molecular complexity index is 952. The quantitative estimate of drug-likeness (QED) is 0.731. The number of thiophene rings is 1. The van der Waals surface area contributed by atoms with Gasteiger partial charge >= 0.3 is 0 Å². The van der Waals surface area contributed by atoms with Crippen LogP contribution < -0.4 is 10.6 Å². The summed E-state index contributed by atoms with van der Waals surface area (Å²) in [5.74, 6) is 1.39. The minimum Gasteiger partial charge on any atom is -0.384 e. The highest BCUT2D eigenvalue weighted by atomic mass is 32.1. The van der Waals surface area contributed by atoms with Crippen molar-refractivity contribution in [2.75, 3.05) is 30.3 Å². The van der Waals surface area contributed by atoms with E-state index < -0.39 is 0 Å². The van der Waals surface area contributed by atoms with Crippen LogP contribution in [0.4, 0.5) is 11.6 Å². The van der Waals surface area contributed by atoms with Gasteiger partial charge in [-0.3, -0.25) is 9.97 Å². The summed E-state index contributed by atoms with van der Waals surface area (Å²) in [5, 5.41) is 0. The fraction of sp³-hybridized carbons (Fsp3) is 0.368. The predicted molar refractivity (Wildman–Crippen MR) is 105 cm³/mol. The van der Waals surface area contributed by atoms with Crippen LogP contribution >= 0.6 is 11.3 Å². The normalized spacial score (nSPS) is 18.4. The number of rotatable bonds is 2. The second-order valence-electron chi connectivity index (χ2n) is 6.94. The van der Waals surface area contributed by atoms with Crippen LogP contribution in [-0.2, 0) is 16.8 Å². The van der Waals surface area contributed by atoms with E-state index in [-0.39, 0.29) is 5.60 Å². The molecule has 0 saturated carbocycles. The van der Waals surface area contributed by atoms with Crippen molar-refractivity contribution in [1.29, 1.82) is 0 Å². The molecule has 1 spiro atoms. The fourth-order valence-electron chi connectivity index (χ4n) is 3.98. The average molecular weight is 380 g/mol. The van der Waals surface area contributed by atoms with Gasteiger partial charge in [-0.05, 0) is 30.9 Å². The van der Waals surface area contributed by atoms with Gasteiger partial charge < -0.3 is 15.4 Å². The molecular weight excluding hydrogens is 360 g/mol. The first-order chi connectivity index (χ1) is 13.2. The number of anilines is 2. The lowest BCUT2D eigenvalue weighted by molar-refractivity contribution is -0.0735. The molecule has 0 atom stereocenters. The Morgan fingerprint density at radius 3 is 2.78 bits per heavy atom. The van der Waals surface area contributed by atoms with Gasteiger partial charge in [-0.1, -0.05) is 0 Å². The van der Waals surface area contributed by atoms with Gasteiger partial charge in [0.2, 0.25) is 0 Å². The summed E-state index contributed by atoms with van der Waals surface area (Å²) in [7, 11) is 0. The van der Waals surface area contributed by atoms with E-state index >= 15 is 0 Å². The number of nitrogen functional groups attached to an aromatic ring is 1. The molecule has 0 radical (unpaired) electrons. The van der Waals surface area contributed by atoms with Crippen LogP contribution in [0.25, 0.3) is 10.6 Å². The summed E-state index contributed by atoms with van der Waals surface area (Å²) < 4.78 is 6.38. The third kappa shape index (κ3) is 2.94. The highest BCUT2D eigenvalue weighted by Crippen LogP contribution is 2.47. The van der Waals surface area contributed by atoms with Gasteiger partial charge in [0.25, 0.3) is 0 Å². The van der Waals surface area contributed by atoms with Gasteiger partial charge in [-0.15, -0.1) is 11.3 Å². The van der Waals surface area contributed by atoms with E-state index in [0.29, 0.717) is 5.82 Å². The number of ether oxygens (including phenoxy) is 1. The third-order valence-electron chi connectivity index (χ3n) is 5.36. The first kappa shape index (κ1) is 16.6. The second kappa shape index (κ2) is 6.54. The van der Waals surface area contributed by atoms with Crippen molar-refractivity contribution in [2.24, 2.45) is 0 Å². The molecular formula is C19H20N6OS. The third-order valence-corrected chi connectivity index (χ3v) is 6.74. The molecule has 1 saturated heterocycles. The van der Waals surface area contributed by atoms with Gasteiger partial charge in [-0.25, -0.2) is 9.97 Å². The first-order valence-corrected chi connectivity index (χ1v) is 9.91. The second-order valence-corrected chi connectivity index (χ2v) is 7.99. The summed E-state index contributed by atoms with van der Waals surface area (Å²) in [6.45, 7) is 2.53. The molecule has 1 fully saturated rings. The molecule has 0 unspecified atom stereocenters. The van der Waals surface area contributed by atoms with Crippen molar-refractivity contribution < 1.29 is 4.74 Å². The van der Waals surface area contributed by atoms with Crippen LogP contribution in [0.15, 0.2) is 37.1 Å². The molecule has 2 aliphatic heterocycles. The molecule has 27 heavy (non-hydrogen) atoms. The van der Waals surface area contributed by atoms with E-state index in [9.17, 15) is 0 Å². The molecule has 0 bridgehead atoms. The van der Waals surface area contributed by atoms with Crippen LogP contribution in [0.2, 0.25) is 0 Å². The van der Waals surface area contributed by atoms with Gasteiger partial charge in [0.15, 0.2) is 0 Å². The lowest BCUT2D eigenvalue weighted by atomic mass is 9.85. The molecule has 5 heterocycles. The number of nitrogens with two attached hydrogens (primary N) is 1. The van der Waals surface area contributed by atoms with E-state index in [2.05, 4.69) is 30.9 Å². The smallest absolute Gasteiger partial charge is 0.134 e. The minimum atomic E-state index is -0.201. The average Bonchev–Trinajstić information content (AvgIpc) is 3.15. The molecule has 138 valence electrons. The number of piperidine rings is 1. The van der Waals surface area contributed by atoms with Gasteiger partial charge in [0, 0.05) is 36.4 Å². The van der Waals surface area contributed by atoms with Gasteiger partial charge in [-0.2, -0.15) is 0 Å². The Morgan fingerprint density at radius 2 is 2.00 bits per heavy atom. The van der Waals surface area contributed by atoms with Crippen LogP contribution in [0.1, 0.15) is 23.3 Å². The molecule has 3 aromatic heterocycles. The topological polar surface area (TPSA) is 90.0 Å². The zero-order chi connectivity index (χ0) is 18.3. The number of hydrogen-bond acceptors (Lipinski definition) is 8. The molecule has 2 aliphatic rings. The monoisotopic (exact) mass is 380 g/mol. The molecule has 5 rings (SSSR count). The maximum absolute atomic E-state index is 6.38. The molecule has 0 aromatic carbocycles. The minimum absolute atomic E-state index is 0.201. The van der Waals surface area contributed by atoms with Crippen LogP contribution in [-0.4, -0.2) is 39.6 Å². The number of fused-ring (bicyclic) bond motifs is 2. The maximum Gasteiger partial charge on any atom is 0.134 e. The lowest BCUT2D eigenvalue weighted by Crippen LogP contribution is -2.46. The number of nitrogens with zero attached hydrogens (tertiary/aromatic N) is 5. The van der Waals surface area contributed by atoms with Crippen molar-refractivity contribution in [1.82, 2.24) is 19.9 Å². The molecule has 2 N–H and O–H groups in total. The molecule has 7 nitrogen and oxygen atoms in total. The summed E-state index contributed by atoms with van der Waals surface area (Å²) >= 11 is 1.80. The zero-order valence-electron chi connectivity index (χ0n) is 14.8. The summed E-state index contributed by atoms with van der Waals surface area (Å²) in [6, 6.07) is 4.11. The van der Waals surface area contributed by atoms with Crippen molar-refractivity contribution >= 4 is 23.0 Å². The standard InChI is InChI=1S/C19H20N6OS/c20-16-10-17(24-12-23-16)25-6-2-19(3-7-25)18-13(1-8-26-19)9-15(27-18)14-11-21-4-5-22-14/h4-5,9-12H,1-3,6-8H2,(H2,20,23,24). The maximum atomic E-state index is 6.38. The van der Waals surface area contributed by atoms with Crippen molar-refractivity contribution in [3.8, 4) is 10.6 Å². The Balaban J connectivity index is 1.42. The molecule has 0 aliphatic carbocycles. The molecule has 8 heteroatoms. The van der Waals surface area contributed by atoms with E-state index in [1.807, 2.05) is 12.3 Å². The van der Waals surface area contributed by atoms with E-state index in [1.54, 1.807) is 23.7 Å². The predicted octanol–water partition coefficient (Wildman–Crippen LogP) is 2.65. The Morgan fingerprint density at radius 1 is 1.11 bits per heavy atom. The van der Waals surface area contributed by atoms with E-state index in [1.165, 1.54) is 21.6 Å². The van der Waals surface area contributed by atoms with Gasteiger partial charge in [0.05, 0.1) is 23.4 Å². The fourth-order valence-corrected chi connectivity index (χ4v) is 5.35. The lowest BCUT2D eigenvalue weighted by Gasteiger charge is -2.44. The SMILES string of the molecule is Nc1cc(N2CCC3(CC2)OCCc2cc(-c4cnccn4)sc23)ncn1. The highest BCUT2D eigenvalue weighted by Gasteiger charge is 2.42. The Labute approximate surface area is 161 Å². The summed E-state index contributed by atoms with van der Waals surface area (Å²) in [6.07, 6.45) is 9.63. The summed E-state index contributed by atoms with van der Waals surface area (Å²) in [5.41, 5.74) is 7.94. The molecule has 3 aromatic rings. The van der Waals surface area contributed by atoms with Crippen LogP contribution in [0.5, 0.6) is 0 Å². The summed E-state index contributed by atoms with van der Waals surface area (Å²) in [4.78, 5) is 21.8. The Hall–Kier alpha value is -2.58. The van der Waals surface area contributed by atoms with Crippen LogP contribution in [0.3, 0.4) is 0 Å². The van der Waals surface area contributed by atoms with Gasteiger partial charge in [0.1, 0.15) is 23.6 Å². The zero-order valence-corrected chi connectivity index (χ0v) is 15.7. The highest BCUT2D eigenvalue weighted by molar-refractivity contribution is 7.15. The van der Waals surface area contributed by atoms with Crippen molar-refractivity contribution in [3.63, 3.8) is 0 Å². The number of hydrogen-bond donors (Lipinski definition) is 1.